The van der Waals surface area contributed by atoms with Crippen LogP contribution in [-0.2, 0) is 0 Å². The van der Waals surface area contributed by atoms with Crippen molar-refractivity contribution in [3.05, 3.63) is 78.0 Å². The van der Waals surface area contributed by atoms with Crippen LogP contribution < -0.4 is 0 Å². The molecule has 0 unspecified atom stereocenters. The van der Waals surface area contributed by atoms with Gasteiger partial charge < -0.3 is 0 Å². The zero-order valence-electron chi connectivity index (χ0n) is 19.7. The summed E-state index contributed by atoms with van der Waals surface area (Å²) in [7, 11) is 0. The summed E-state index contributed by atoms with van der Waals surface area (Å²) < 4.78 is 203. The largest absolute Gasteiger partial charge is 0.216 e. The molecule has 44 heavy (non-hydrogen) atoms. The third-order valence-electron chi connectivity index (χ3n) is 5.84. The summed E-state index contributed by atoms with van der Waals surface area (Å²) in [6.07, 6.45) is 0. The predicted molar refractivity (Wildman–Crippen MR) is 140 cm³/mol. The molecule has 0 nitrogen and oxygen atoms in total. The Balaban J connectivity index is 1.84. The average Bonchev–Trinajstić information content (AvgIpc) is 3.76. The van der Waals surface area contributed by atoms with Gasteiger partial charge in [-0.2, -0.15) is 39.5 Å². The maximum Gasteiger partial charge on any atom is 0.216 e. The van der Waals surface area contributed by atoms with E-state index in [4.69, 9.17) is 0 Å². The highest BCUT2D eigenvalue weighted by Crippen LogP contribution is 2.60. The molecular weight excluding hydrogens is 747 g/mol. The fourth-order valence-electron chi connectivity index (χ4n) is 4.02. The van der Waals surface area contributed by atoms with Crippen LogP contribution in [0.3, 0.4) is 0 Å². The van der Waals surface area contributed by atoms with Crippen molar-refractivity contribution in [2.75, 3.05) is 0 Å². The molecule has 0 atom stereocenters. The predicted octanol–water partition coefficient (Wildman–Crippen LogP) is 12.3. The molecule has 0 aromatic carbocycles. The monoisotopic (exact) mass is 746 g/mol. The van der Waals surface area contributed by atoms with Gasteiger partial charge in [0.2, 0.25) is 48.9 Å². The average molecular weight is 747 g/mol. The van der Waals surface area contributed by atoms with E-state index < -0.39 is 129 Å². The van der Waals surface area contributed by atoms with E-state index in [0.717, 1.165) is 0 Å². The summed E-state index contributed by atoms with van der Waals surface area (Å²) in [6.45, 7) is 0. The smallest absolute Gasteiger partial charge is 0.202 e. The Morgan fingerprint density at radius 3 is 0.795 bits per heavy atom. The van der Waals surface area contributed by atoms with Crippen LogP contribution in [0.15, 0.2) is 0 Å². The maximum atomic E-state index is 15.1. The Hall–Kier alpha value is -2.78. The lowest BCUT2D eigenvalue weighted by molar-refractivity contribution is 0.468. The number of rotatable bonds is 5. The van der Waals surface area contributed by atoms with Gasteiger partial charge in [0, 0.05) is 11.1 Å². The van der Waals surface area contributed by atoms with E-state index >= 15 is 13.2 Å². The van der Waals surface area contributed by atoms with Crippen molar-refractivity contribution in [2.24, 2.45) is 0 Å². The minimum Gasteiger partial charge on any atom is -0.202 e. The molecule has 0 aliphatic rings. The normalized spacial score (nSPS) is 11.9. The highest BCUT2D eigenvalue weighted by Gasteiger charge is 2.38. The molecule has 20 heteroatoms. The summed E-state index contributed by atoms with van der Waals surface area (Å²) in [4.78, 5) is -7.25. The Morgan fingerprint density at radius 2 is 0.455 bits per heavy atom. The molecule has 0 saturated heterocycles. The van der Waals surface area contributed by atoms with Crippen LogP contribution >= 0.6 is 68.0 Å². The quantitative estimate of drug-likeness (QED) is 0.154. The third-order valence-corrected chi connectivity index (χ3v) is 12.1. The van der Waals surface area contributed by atoms with Gasteiger partial charge in [0.25, 0.3) is 0 Å². The molecule has 230 valence electrons. The first-order chi connectivity index (χ1) is 20.6. The van der Waals surface area contributed by atoms with Crippen molar-refractivity contribution >= 4 is 68.0 Å². The maximum absolute atomic E-state index is 15.1. The zero-order valence-corrected chi connectivity index (χ0v) is 24.6. The van der Waals surface area contributed by atoms with Crippen molar-refractivity contribution in [3.63, 3.8) is 0 Å². The molecule has 0 spiro atoms. The summed E-state index contributed by atoms with van der Waals surface area (Å²) in [5.74, 6) is -18.5. The fourth-order valence-corrected chi connectivity index (χ4v) is 10.0. The summed E-state index contributed by atoms with van der Waals surface area (Å²) in [5, 5.41) is -9.12. The van der Waals surface area contributed by atoms with E-state index in [2.05, 4.69) is 0 Å². The number of thiophene rings is 6. The lowest BCUT2D eigenvalue weighted by Crippen LogP contribution is -1.89. The third kappa shape index (κ3) is 4.47. The van der Waals surface area contributed by atoms with Crippen molar-refractivity contribution in [1.82, 2.24) is 0 Å². The number of hydrogen-bond acceptors (Lipinski definition) is 6. The summed E-state index contributed by atoms with van der Waals surface area (Å²) in [5.41, 5.74) is -3.28. The van der Waals surface area contributed by atoms with Crippen LogP contribution in [0.2, 0.25) is 0 Å². The first kappa shape index (κ1) is 31.2. The van der Waals surface area contributed by atoms with E-state index in [1.165, 1.54) is 0 Å². The van der Waals surface area contributed by atoms with E-state index in [-0.39, 0.29) is 68.0 Å². The molecule has 0 amide bonds. The van der Waals surface area contributed by atoms with Crippen molar-refractivity contribution < 1.29 is 61.5 Å². The SMILES string of the molecule is Fc1sc(-c2sc(-c3sc(F)c(F)c3-c3sc(F)c(F)c3F)c(-c3sc(F)c(F)c3F)c2-c2sc(F)c(F)c2F)c(F)c1F. The molecule has 0 radical (unpaired) electrons. The highest BCUT2D eigenvalue weighted by molar-refractivity contribution is 7.28. The van der Waals surface area contributed by atoms with E-state index in [0.29, 0.717) is 0 Å². The van der Waals surface area contributed by atoms with Crippen LogP contribution in [0, 0.1) is 78.0 Å². The summed E-state index contributed by atoms with van der Waals surface area (Å²) in [6, 6.07) is 0. The molecule has 0 fully saturated rings. The second kappa shape index (κ2) is 10.9. The van der Waals surface area contributed by atoms with Crippen LogP contribution in [-0.4, -0.2) is 0 Å². The second-order valence-corrected chi connectivity index (χ2v) is 14.1. The van der Waals surface area contributed by atoms with E-state index in [1.807, 2.05) is 0 Å². The number of halogens is 14. The Labute approximate surface area is 257 Å². The van der Waals surface area contributed by atoms with Gasteiger partial charge >= 0.3 is 0 Å². The Kier molecular flexibility index (Phi) is 7.76. The van der Waals surface area contributed by atoms with Crippen LogP contribution in [0.5, 0.6) is 0 Å². The zero-order chi connectivity index (χ0) is 32.1. The van der Waals surface area contributed by atoms with Gasteiger partial charge in [0.05, 0.1) is 39.7 Å². The lowest BCUT2D eigenvalue weighted by atomic mass is 10.0. The molecule has 6 aromatic heterocycles. The van der Waals surface area contributed by atoms with Crippen LogP contribution in [0.4, 0.5) is 61.5 Å². The van der Waals surface area contributed by atoms with Gasteiger partial charge in [-0.15, -0.1) is 22.7 Å². The molecule has 0 aliphatic heterocycles. The summed E-state index contributed by atoms with van der Waals surface area (Å²) >= 11 is -1.59. The standard InChI is InChI=1S/C24F14S6/c25-4-3(15-7(28)11(32)23(37)42-15)18(43-20(4)34)16-1(13-5(26)9(30)21(35)40-13)2(14-6(27)10(31)22(36)41-14)17(39-16)19-8(29)12(33)24(38)44-19. The highest BCUT2D eigenvalue weighted by atomic mass is 32.1. The molecule has 0 saturated carbocycles. The Morgan fingerprint density at radius 1 is 0.205 bits per heavy atom. The first-order valence-electron chi connectivity index (χ1n) is 10.8. The van der Waals surface area contributed by atoms with Gasteiger partial charge in [-0.1, -0.05) is 45.3 Å². The molecule has 0 bridgehead atoms. The van der Waals surface area contributed by atoms with E-state index in [9.17, 15) is 48.3 Å². The Bertz CT molecular complexity index is 2140. The van der Waals surface area contributed by atoms with Gasteiger partial charge in [-0.3, -0.25) is 0 Å². The van der Waals surface area contributed by atoms with Crippen molar-refractivity contribution in [1.29, 1.82) is 0 Å². The van der Waals surface area contributed by atoms with Crippen LogP contribution in [0.25, 0.3) is 50.8 Å². The molecule has 6 rings (SSSR count). The van der Waals surface area contributed by atoms with Gasteiger partial charge in [0.15, 0.2) is 29.1 Å². The van der Waals surface area contributed by atoms with Crippen molar-refractivity contribution in [2.45, 2.75) is 0 Å². The first-order valence-corrected chi connectivity index (χ1v) is 15.7. The number of hydrogen-bond donors (Lipinski definition) is 0. The van der Waals surface area contributed by atoms with E-state index in [1.54, 1.807) is 0 Å². The fraction of sp³-hybridized carbons (Fsp3) is 0. The topological polar surface area (TPSA) is 0 Å². The molecule has 0 N–H and O–H groups in total. The molecule has 6 heterocycles. The van der Waals surface area contributed by atoms with Gasteiger partial charge in [0.1, 0.15) is 0 Å². The van der Waals surface area contributed by atoms with Crippen LogP contribution in [0.1, 0.15) is 0 Å². The van der Waals surface area contributed by atoms with Gasteiger partial charge in [-0.05, 0) is 0 Å². The molecular formula is C24F14S6. The molecule has 0 aliphatic carbocycles. The molecule has 6 aromatic rings. The lowest BCUT2D eigenvalue weighted by Gasteiger charge is -2.07. The minimum absolute atomic E-state index is 0.0126. The second-order valence-electron chi connectivity index (χ2n) is 8.24. The minimum atomic E-state index is -2.14. The van der Waals surface area contributed by atoms with Gasteiger partial charge in [-0.25, -0.2) is 22.0 Å². The van der Waals surface area contributed by atoms with Crippen molar-refractivity contribution in [3.8, 4) is 50.8 Å².